The topological polar surface area (TPSA) is 12.9 Å². The van der Waals surface area contributed by atoms with Crippen LogP contribution in [0.25, 0.3) is 11.1 Å². The van der Waals surface area contributed by atoms with Gasteiger partial charge in [-0.05, 0) is 29.8 Å². The molecule has 0 N–H and O–H groups in total. The number of nitrogens with zero attached hydrogens (tertiary/aromatic N) is 1. The molecule has 0 atom stereocenters. The molecule has 6 heteroatoms. The van der Waals surface area contributed by atoms with E-state index in [0.717, 1.165) is 6.07 Å². The van der Waals surface area contributed by atoms with Crippen molar-refractivity contribution >= 4 is 34.8 Å². The van der Waals surface area contributed by atoms with Gasteiger partial charge in [0.25, 0.3) is 0 Å². The van der Waals surface area contributed by atoms with Crippen LogP contribution in [0, 0.1) is 11.9 Å². The van der Waals surface area contributed by atoms with Crippen LogP contribution >= 0.6 is 34.8 Å². The maximum Gasteiger partial charge on any atom is 0.223 e. The second kappa shape index (κ2) is 4.77. The van der Waals surface area contributed by atoms with E-state index in [-0.39, 0.29) is 20.6 Å². The average Bonchev–Trinajstić information content (AvgIpc) is 2.25. The number of halogens is 5. The summed E-state index contributed by atoms with van der Waals surface area (Å²) in [6.45, 7) is 0. The molecule has 0 aliphatic heterocycles. The van der Waals surface area contributed by atoms with Crippen LogP contribution in [0.1, 0.15) is 0 Å². The van der Waals surface area contributed by atoms with Crippen LogP contribution < -0.4 is 0 Å². The zero-order valence-electron chi connectivity index (χ0n) is 8.15. The normalized spacial score (nSPS) is 10.6. The number of hydrogen-bond donors (Lipinski definition) is 0. The van der Waals surface area contributed by atoms with Gasteiger partial charge in [-0.3, -0.25) is 0 Å². The minimum Gasteiger partial charge on any atom is -0.190 e. The van der Waals surface area contributed by atoms with Crippen molar-refractivity contribution in [1.29, 1.82) is 0 Å². The van der Waals surface area contributed by atoms with Crippen LogP contribution in [0.2, 0.25) is 15.1 Å². The summed E-state index contributed by atoms with van der Waals surface area (Å²) in [6, 6.07) is 5.18. The molecule has 1 aromatic heterocycles. The lowest BCUT2D eigenvalue weighted by Crippen LogP contribution is -1.92. The molecule has 0 amide bonds. The summed E-state index contributed by atoms with van der Waals surface area (Å²) in [5.74, 6) is -1.82. The van der Waals surface area contributed by atoms with Crippen molar-refractivity contribution in [3.63, 3.8) is 0 Å². The van der Waals surface area contributed by atoms with Crippen LogP contribution in [0.15, 0.2) is 24.3 Å². The summed E-state index contributed by atoms with van der Waals surface area (Å²) < 4.78 is 26.1. The lowest BCUT2D eigenvalue weighted by molar-refractivity contribution is 0.515. The molecular formula is C11H4Cl3F2N. The highest BCUT2D eigenvalue weighted by atomic mass is 35.5. The first-order valence-electron chi connectivity index (χ1n) is 4.46. The van der Waals surface area contributed by atoms with E-state index in [0.29, 0.717) is 5.56 Å². The molecule has 0 spiro atoms. The molecule has 88 valence electrons. The first-order chi connectivity index (χ1) is 7.99. The fourth-order valence-electron chi connectivity index (χ4n) is 1.34. The third-order valence-electron chi connectivity index (χ3n) is 2.11. The zero-order valence-corrected chi connectivity index (χ0v) is 10.4. The fourth-order valence-corrected chi connectivity index (χ4v) is 1.93. The van der Waals surface area contributed by atoms with Gasteiger partial charge >= 0.3 is 0 Å². The Morgan fingerprint density at radius 1 is 0.941 bits per heavy atom. The Hall–Kier alpha value is -0.900. The number of benzene rings is 1. The Labute approximate surface area is 111 Å². The standard InChI is InChI=1S/C11H4Cl3F2N/c12-7-3-5(4-8(13)10(7)14)6-1-2-9(15)17-11(6)16/h1-4H. The van der Waals surface area contributed by atoms with Crippen molar-refractivity contribution in [2.45, 2.75) is 0 Å². The quantitative estimate of drug-likeness (QED) is 0.533. The molecular weight excluding hydrogens is 290 g/mol. The second-order valence-electron chi connectivity index (χ2n) is 3.23. The Morgan fingerprint density at radius 2 is 1.53 bits per heavy atom. The molecule has 0 bridgehead atoms. The minimum absolute atomic E-state index is 0.104. The summed E-state index contributed by atoms with van der Waals surface area (Å²) in [4.78, 5) is 3.08. The van der Waals surface area contributed by atoms with Crippen molar-refractivity contribution in [2.75, 3.05) is 0 Å². The van der Waals surface area contributed by atoms with Gasteiger partial charge in [-0.1, -0.05) is 34.8 Å². The Bertz CT molecular complexity index is 564. The van der Waals surface area contributed by atoms with Gasteiger partial charge in [0.05, 0.1) is 15.1 Å². The average molecular weight is 295 g/mol. The van der Waals surface area contributed by atoms with E-state index >= 15 is 0 Å². The number of pyridine rings is 1. The Balaban J connectivity index is 2.61. The van der Waals surface area contributed by atoms with Gasteiger partial charge in [-0.2, -0.15) is 13.8 Å². The van der Waals surface area contributed by atoms with Crippen LogP contribution in [0.3, 0.4) is 0 Å². The van der Waals surface area contributed by atoms with Crippen molar-refractivity contribution in [3.05, 3.63) is 51.2 Å². The number of hydrogen-bond acceptors (Lipinski definition) is 1. The van der Waals surface area contributed by atoms with Crippen molar-refractivity contribution in [3.8, 4) is 11.1 Å². The highest BCUT2D eigenvalue weighted by Crippen LogP contribution is 2.35. The molecule has 0 fully saturated rings. The maximum atomic E-state index is 13.4. The van der Waals surface area contributed by atoms with Gasteiger partial charge in [0.1, 0.15) is 0 Å². The fraction of sp³-hybridized carbons (Fsp3) is 0. The summed E-state index contributed by atoms with van der Waals surface area (Å²) in [5.41, 5.74) is 0.487. The SMILES string of the molecule is Fc1ccc(-c2cc(Cl)c(Cl)c(Cl)c2)c(F)n1. The molecule has 0 unspecified atom stereocenters. The molecule has 0 saturated heterocycles. The third-order valence-corrected chi connectivity index (χ3v) is 3.31. The molecule has 1 nitrogen and oxygen atoms in total. The molecule has 1 heterocycles. The summed E-state index contributed by atoms with van der Waals surface area (Å²) in [5, 5.41) is 0.573. The van der Waals surface area contributed by atoms with E-state index in [1.54, 1.807) is 0 Å². The molecule has 0 aliphatic rings. The third kappa shape index (κ3) is 2.51. The van der Waals surface area contributed by atoms with Gasteiger partial charge < -0.3 is 0 Å². The van der Waals surface area contributed by atoms with Crippen molar-refractivity contribution < 1.29 is 8.78 Å². The summed E-state index contributed by atoms with van der Waals surface area (Å²) >= 11 is 17.4. The van der Waals surface area contributed by atoms with Gasteiger partial charge in [0, 0.05) is 5.56 Å². The lowest BCUT2D eigenvalue weighted by atomic mass is 10.1. The van der Waals surface area contributed by atoms with E-state index in [2.05, 4.69) is 4.98 Å². The van der Waals surface area contributed by atoms with E-state index in [1.165, 1.54) is 18.2 Å². The maximum absolute atomic E-state index is 13.4. The van der Waals surface area contributed by atoms with Crippen molar-refractivity contribution in [2.24, 2.45) is 0 Å². The molecule has 2 rings (SSSR count). The molecule has 1 aromatic carbocycles. The van der Waals surface area contributed by atoms with Gasteiger partial charge in [-0.15, -0.1) is 0 Å². The van der Waals surface area contributed by atoms with Gasteiger partial charge in [-0.25, -0.2) is 0 Å². The van der Waals surface area contributed by atoms with E-state index in [1.807, 2.05) is 0 Å². The second-order valence-corrected chi connectivity index (χ2v) is 4.42. The van der Waals surface area contributed by atoms with Crippen molar-refractivity contribution in [1.82, 2.24) is 4.98 Å². The van der Waals surface area contributed by atoms with Crippen LogP contribution in [0.5, 0.6) is 0 Å². The first kappa shape index (κ1) is 12.6. The van der Waals surface area contributed by atoms with Gasteiger partial charge in [0.15, 0.2) is 0 Å². The monoisotopic (exact) mass is 293 g/mol. The predicted molar refractivity (Wildman–Crippen MR) is 64.6 cm³/mol. The van der Waals surface area contributed by atoms with Crippen LogP contribution in [-0.2, 0) is 0 Å². The molecule has 0 aliphatic carbocycles. The molecule has 0 saturated carbocycles. The van der Waals surface area contributed by atoms with Crippen LogP contribution in [0.4, 0.5) is 8.78 Å². The van der Waals surface area contributed by atoms with Gasteiger partial charge in [0.2, 0.25) is 11.9 Å². The van der Waals surface area contributed by atoms with Crippen LogP contribution in [-0.4, -0.2) is 4.98 Å². The predicted octanol–water partition coefficient (Wildman–Crippen LogP) is 4.99. The Morgan fingerprint density at radius 3 is 2.06 bits per heavy atom. The van der Waals surface area contributed by atoms with E-state index < -0.39 is 11.9 Å². The molecule has 0 radical (unpaired) electrons. The Kier molecular flexibility index (Phi) is 3.52. The summed E-state index contributed by atoms with van der Waals surface area (Å²) in [6.07, 6.45) is 0. The lowest BCUT2D eigenvalue weighted by Gasteiger charge is -2.06. The highest BCUT2D eigenvalue weighted by molar-refractivity contribution is 6.48. The number of aromatic nitrogens is 1. The molecule has 17 heavy (non-hydrogen) atoms. The first-order valence-corrected chi connectivity index (χ1v) is 5.59. The van der Waals surface area contributed by atoms with E-state index in [9.17, 15) is 8.78 Å². The molecule has 2 aromatic rings. The summed E-state index contributed by atoms with van der Waals surface area (Å²) in [7, 11) is 0. The number of rotatable bonds is 1. The largest absolute Gasteiger partial charge is 0.223 e. The minimum atomic E-state index is -0.931. The zero-order chi connectivity index (χ0) is 12.6. The van der Waals surface area contributed by atoms with E-state index in [4.69, 9.17) is 34.8 Å². The smallest absolute Gasteiger partial charge is 0.190 e. The highest BCUT2D eigenvalue weighted by Gasteiger charge is 2.12.